The summed E-state index contributed by atoms with van der Waals surface area (Å²) in [6, 6.07) is -0.861. The first-order valence-corrected chi connectivity index (χ1v) is 7.84. The quantitative estimate of drug-likeness (QED) is 0.238. The molecule has 0 bridgehead atoms. The fraction of sp³-hybridized carbons (Fsp3) is 0.600. The van der Waals surface area contributed by atoms with Crippen molar-refractivity contribution in [3.8, 4) is 0 Å². The molecule has 0 fully saturated rings. The topological polar surface area (TPSA) is 126 Å². The number of unbranched alkanes of at least 4 members (excludes halogenated alkanes) is 5. The van der Waals surface area contributed by atoms with Gasteiger partial charge in [0, 0.05) is 12.2 Å². The van der Waals surface area contributed by atoms with Crippen LogP contribution in [0, 0.1) is 5.41 Å². The molecule has 128 valence electrons. The third kappa shape index (κ3) is 6.50. The number of hydrogen-bond donors (Lipinski definition) is 3. The standard InChI is InChI=1S/C15H24N4O4/c1-2-3-4-5-6-7-8-11(18-15(16)17)14(22)23-19-12(20)9-10-13(19)21/h9-11H,2-8H2,1H3,(H4,16,17,18). The minimum atomic E-state index is -0.861. The van der Waals surface area contributed by atoms with Crippen molar-refractivity contribution >= 4 is 23.7 Å². The summed E-state index contributed by atoms with van der Waals surface area (Å²) in [5.41, 5.74) is 5.27. The van der Waals surface area contributed by atoms with Crippen LogP contribution in [0.2, 0.25) is 0 Å². The van der Waals surface area contributed by atoms with E-state index >= 15 is 0 Å². The van der Waals surface area contributed by atoms with Gasteiger partial charge >= 0.3 is 5.97 Å². The first-order chi connectivity index (χ1) is 11.0. The number of carbonyl (C=O) groups is 3. The summed E-state index contributed by atoms with van der Waals surface area (Å²) in [5.74, 6) is -2.58. The second kappa shape index (κ2) is 9.60. The molecule has 2 amide bonds. The van der Waals surface area contributed by atoms with Crippen molar-refractivity contribution in [2.75, 3.05) is 0 Å². The Labute approximate surface area is 135 Å². The zero-order chi connectivity index (χ0) is 17.2. The van der Waals surface area contributed by atoms with E-state index in [4.69, 9.17) is 16.0 Å². The van der Waals surface area contributed by atoms with Crippen LogP contribution in [0.4, 0.5) is 0 Å². The molecular weight excluding hydrogens is 300 g/mol. The Bertz CT molecular complexity index is 472. The van der Waals surface area contributed by atoms with E-state index in [-0.39, 0.29) is 5.96 Å². The number of guanidine groups is 1. The molecular formula is C15H24N4O4. The van der Waals surface area contributed by atoms with Gasteiger partial charge in [-0.05, 0) is 6.42 Å². The smallest absolute Gasteiger partial charge is 0.355 e. The average molecular weight is 324 g/mol. The molecule has 0 aromatic carbocycles. The van der Waals surface area contributed by atoms with Crippen molar-refractivity contribution in [2.45, 2.75) is 57.9 Å². The molecule has 8 nitrogen and oxygen atoms in total. The van der Waals surface area contributed by atoms with E-state index < -0.39 is 23.8 Å². The Morgan fingerprint density at radius 2 is 1.78 bits per heavy atom. The van der Waals surface area contributed by atoms with E-state index in [1.807, 2.05) is 0 Å². The summed E-state index contributed by atoms with van der Waals surface area (Å²) >= 11 is 0. The third-order valence-electron chi connectivity index (χ3n) is 3.41. The maximum atomic E-state index is 12.1. The van der Waals surface area contributed by atoms with Crippen molar-refractivity contribution in [1.82, 2.24) is 10.4 Å². The summed E-state index contributed by atoms with van der Waals surface area (Å²) in [7, 11) is 0. The number of nitrogens with two attached hydrogens (primary N) is 1. The van der Waals surface area contributed by atoms with Crippen LogP contribution >= 0.6 is 0 Å². The van der Waals surface area contributed by atoms with Crippen LogP contribution in [0.5, 0.6) is 0 Å². The summed E-state index contributed by atoms with van der Waals surface area (Å²) in [4.78, 5) is 39.7. The van der Waals surface area contributed by atoms with Crippen LogP contribution in [0.1, 0.15) is 51.9 Å². The molecule has 8 heteroatoms. The lowest BCUT2D eigenvalue weighted by atomic mass is 10.1. The lowest BCUT2D eigenvalue weighted by Crippen LogP contribution is -2.47. The van der Waals surface area contributed by atoms with E-state index in [0.29, 0.717) is 11.5 Å². The molecule has 1 heterocycles. The molecule has 0 aromatic rings. The number of hydroxylamine groups is 2. The minimum Gasteiger partial charge on any atom is -0.370 e. The zero-order valence-electron chi connectivity index (χ0n) is 13.3. The maximum absolute atomic E-state index is 12.1. The Balaban J connectivity index is 2.45. The van der Waals surface area contributed by atoms with Crippen LogP contribution in [0.25, 0.3) is 0 Å². The van der Waals surface area contributed by atoms with Crippen molar-refractivity contribution < 1.29 is 19.2 Å². The molecule has 0 spiro atoms. The minimum absolute atomic E-state index is 0.366. The van der Waals surface area contributed by atoms with Gasteiger partial charge in [-0.3, -0.25) is 15.0 Å². The van der Waals surface area contributed by atoms with Crippen LogP contribution in [-0.4, -0.2) is 34.8 Å². The Morgan fingerprint density at radius 3 is 2.35 bits per heavy atom. The van der Waals surface area contributed by atoms with E-state index in [2.05, 4.69) is 12.2 Å². The third-order valence-corrected chi connectivity index (χ3v) is 3.41. The summed E-state index contributed by atoms with van der Waals surface area (Å²) in [5, 5.41) is 10.2. The van der Waals surface area contributed by atoms with Crippen molar-refractivity contribution in [3.63, 3.8) is 0 Å². The molecule has 1 rings (SSSR count). The van der Waals surface area contributed by atoms with Crippen LogP contribution in [-0.2, 0) is 19.2 Å². The maximum Gasteiger partial charge on any atom is 0.355 e. The molecule has 0 aromatic heterocycles. The molecule has 1 aliphatic heterocycles. The molecule has 4 N–H and O–H groups in total. The van der Waals surface area contributed by atoms with Crippen molar-refractivity contribution in [1.29, 1.82) is 5.41 Å². The summed E-state index contributed by atoms with van der Waals surface area (Å²) < 4.78 is 0. The molecule has 1 unspecified atom stereocenters. The molecule has 0 radical (unpaired) electrons. The van der Waals surface area contributed by atoms with Crippen LogP contribution < -0.4 is 11.1 Å². The fourth-order valence-corrected chi connectivity index (χ4v) is 2.20. The van der Waals surface area contributed by atoms with Crippen LogP contribution in [0.15, 0.2) is 12.2 Å². The number of imide groups is 1. The van der Waals surface area contributed by atoms with Gasteiger partial charge in [-0.2, -0.15) is 0 Å². The first kappa shape index (κ1) is 18.7. The Morgan fingerprint density at radius 1 is 1.22 bits per heavy atom. The summed E-state index contributed by atoms with van der Waals surface area (Å²) in [6.07, 6.45) is 8.73. The number of nitrogens with zero attached hydrogens (tertiary/aromatic N) is 1. The van der Waals surface area contributed by atoms with Gasteiger partial charge in [0.2, 0.25) is 0 Å². The highest BCUT2D eigenvalue weighted by Crippen LogP contribution is 2.11. The molecule has 0 aliphatic carbocycles. The number of rotatable bonds is 10. The van der Waals surface area contributed by atoms with Crippen LogP contribution in [0.3, 0.4) is 0 Å². The van der Waals surface area contributed by atoms with Gasteiger partial charge in [0.15, 0.2) is 5.96 Å². The molecule has 1 atom stereocenters. The molecule has 23 heavy (non-hydrogen) atoms. The number of amides is 2. The van der Waals surface area contributed by atoms with Crippen molar-refractivity contribution in [3.05, 3.63) is 12.2 Å². The van der Waals surface area contributed by atoms with Gasteiger partial charge in [0.1, 0.15) is 6.04 Å². The number of hydrogen-bond acceptors (Lipinski definition) is 5. The number of carbonyl (C=O) groups excluding carboxylic acids is 3. The van der Waals surface area contributed by atoms with Gasteiger partial charge < -0.3 is 15.9 Å². The predicted molar refractivity (Wildman–Crippen MR) is 83.9 cm³/mol. The predicted octanol–water partition coefficient (Wildman–Crippen LogP) is 0.972. The van der Waals surface area contributed by atoms with Gasteiger partial charge in [-0.1, -0.05) is 50.5 Å². The second-order valence-electron chi connectivity index (χ2n) is 5.38. The van der Waals surface area contributed by atoms with Gasteiger partial charge in [0.25, 0.3) is 11.8 Å². The highest BCUT2D eigenvalue weighted by atomic mass is 16.7. The highest BCUT2D eigenvalue weighted by molar-refractivity contribution is 6.12. The average Bonchev–Trinajstić information content (AvgIpc) is 2.81. The first-order valence-electron chi connectivity index (χ1n) is 7.84. The fourth-order valence-electron chi connectivity index (χ4n) is 2.20. The SMILES string of the molecule is CCCCCCCCC(NC(=N)N)C(=O)ON1C(=O)C=CC1=O. The van der Waals surface area contributed by atoms with Gasteiger partial charge in [-0.15, -0.1) is 0 Å². The van der Waals surface area contributed by atoms with E-state index in [1.165, 1.54) is 6.42 Å². The van der Waals surface area contributed by atoms with E-state index in [9.17, 15) is 14.4 Å². The van der Waals surface area contributed by atoms with E-state index in [0.717, 1.165) is 44.3 Å². The Kier molecular flexibility index (Phi) is 7.79. The van der Waals surface area contributed by atoms with E-state index in [1.54, 1.807) is 0 Å². The number of nitrogens with one attached hydrogen (secondary N) is 2. The summed E-state index contributed by atoms with van der Waals surface area (Å²) in [6.45, 7) is 2.14. The normalized spacial score (nSPS) is 14.9. The highest BCUT2D eigenvalue weighted by Gasteiger charge is 2.31. The van der Waals surface area contributed by atoms with Gasteiger partial charge in [0.05, 0.1) is 0 Å². The lowest BCUT2D eigenvalue weighted by molar-refractivity contribution is -0.197. The Hall–Kier alpha value is -2.38. The molecule has 0 saturated carbocycles. The molecule has 1 aliphatic rings. The van der Waals surface area contributed by atoms with Gasteiger partial charge in [-0.25, -0.2) is 4.79 Å². The zero-order valence-corrected chi connectivity index (χ0v) is 13.3. The lowest BCUT2D eigenvalue weighted by Gasteiger charge is -2.20. The molecule has 0 saturated heterocycles. The second-order valence-corrected chi connectivity index (χ2v) is 5.38. The van der Waals surface area contributed by atoms with Crippen molar-refractivity contribution in [2.24, 2.45) is 5.73 Å². The largest absolute Gasteiger partial charge is 0.370 e. The monoisotopic (exact) mass is 324 g/mol.